The van der Waals surface area contributed by atoms with Gasteiger partial charge in [0.2, 0.25) is 0 Å². The Balaban J connectivity index is 1.64. The third-order valence-corrected chi connectivity index (χ3v) is 5.88. The van der Waals surface area contributed by atoms with Crippen molar-refractivity contribution in [3.8, 4) is 22.8 Å². The second-order valence-electron chi connectivity index (χ2n) is 8.17. The summed E-state index contributed by atoms with van der Waals surface area (Å²) in [5.74, 6) is 1.67. The van der Waals surface area contributed by atoms with Crippen LogP contribution in [0.4, 0.5) is 0 Å². The molecule has 3 N–H and O–H groups in total. The lowest BCUT2D eigenvalue weighted by Crippen LogP contribution is -1.99. The van der Waals surface area contributed by atoms with Crippen molar-refractivity contribution in [3.63, 3.8) is 0 Å². The number of pyridine rings is 1. The Kier molecular flexibility index (Phi) is 5.61. The minimum Gasteiger partial charge on any atom is -0.457 e. The number of aryl methyl sites for hydroxylation is 2. The first-order valence-corrected chi connectivity index (χ1v) is 11.2. The summed E-state index contributed by atoms with van der Waals surface area (Å²) in [6.07, 6.45) is 3.00. The molecule has 160 valence electrons. The molecule has 5 aromatic rings. The van der Waals surface area contributed by atoms with Crippen molar-refractivity contribution in [2.24, 2.45) is 5.73 Å². The molecule has 0 aliphatic heterocycles. The molecule has 5 rings (SSSR count). The largest absolute Gasteiger partial charge is 0.457 e. The quantitative estimate of drug-likeness (QED) is 0.285. The van der Waals surface area contributed by atoms with Crippen LogP contribution in [0.3, 0.4) is 0 Å². The molecular formula is C28H27N3O. The summed E-state index contributed by atoms with van der Waals surface area (Å²) in [6.45, 7) is 2.74. The Morgan fingerprint density at radius 3 is 2.56 bits per heavy atom. The summed E-state index contributed by atoms with van der Waals surface area (Å²) < 4.78 is 6.12. The van der Waals surface area contributed by atoms with Gasteiger partial charge in [0.1, 0.15) is 11.5 Å². The second kappa shape index (κ2) is 8.85. The summed E-state index contributed by atoms with van der Waals surface area (Å²) in [5, 5.41) is 2.35. The molecule has 4 heteroatoms. The molecule has 2 heterocycles. The fourth-order valence-electron chi connectivity index (χ4n) is 4.33. The summed E-state index contributed by atoms with van der Waals surface area (Å²) in [4.78, 5) is 8.42. The second-order valence-corrected chi connectivity index (χ2v) is 8.17. The van der Waals surface area contributed by atoms with E-state index in [9.17, 15) is 0 Å². The van der Waals surface area contributed by atoms with E-state index in [0.717, 1.165) is 58.6 Å². The predicted octanol–water partition coefficient (Wildman–Crippen LogP) is 6.77. The minimum absolute atomic E-state index is 0.706. The van der Waals surface area contributed by atoms with Gasteiger partial charge in [0.05, 0.1) is 11.2 Å². The van der Waals surface area contributed by atoms with E-state index in [1.54, 1.807) is 0 Å². The Morgan fingerprint density at radius 2 is 1.72 bits per heavy atom. The molecule has 3 aromatic carbocycles. The van der Waals surface area contributed by atoms with Crippen molar-refractivity contribution >= 4 is 21.8 Å². The number of benzene rings is 3. The van der Waals surface area contributed by atoms with Crippen LogP contribution in [0, 0.1) is 6.92 Å². The van der Waals surface area contributed by atoms with Gasteiger partial charge in [0.15, 0.2) is 0 Å². The van der Waals surface area contributed by atoms with Crippen LogP contribution in [-0.2, 0) is 6.42 Å². The van der Waals surface area contributed by atoms with Gasteiger partial charge in [-0.2, -0.15) is 0 Å². The molecule has 0 bridgehead atoms. The lowest BCUT2D eigenvalue weighted by Gasteiger charge is -2.09. The first kappa shape index (κ1) is 20.3. The number of rotatable bonds is 7. The zero-order valence-corrected chi connectivity index (χ0v) is 18.3. The molecule has 32 heavy (non-hydrogen) atoms. The monoisotopic (exact) mass is 421 g/mol. The van der Waals surface area contributed by atoms with Crippen LogP contribution in [0.25, 0.3) is 33.1 Å². The molecule has 0 fully saturated rings. The standard InChI is InChI=1S/C28H27N3O/c1-19-13-15-22-23(11-7-12-26(22)30-19)28-24(10-5-6-17-29)25-18-21(14-16-27(25)31-28)32-20-8-3-2-4-9-20/h2-4,7-9,11-16,18,31H,5-6,10,17,29H2,1H3. The summed E-state index contributed by atoms with van der Waals surface area (Å²) in [7, 11) is 0. The molecule has 0 radical (unpaired) electrons. The molecule has 0 saturated carbocycles. The van der Waals surface area contributed by atoms with Gasteiger partial charge in [0, 0.05) is 27.5 Å². The van der Waals surface area contributed by atoms with Crippen molar-refractivity contribution in [1.29, 1.82) is 0 Å². The number of ether oxygens (including phenoxy) is 1. The lowest BCUT2D eigenvalue weighted by molar-refractivity contribution is 0.483. The van der Waals surface area contributed by atoms with Crippen LogP contribution in [0.5, 0.6) is 11.5 Å². The molecule has 0 saturated heterocycles. The zero-order chi connectivity index (χ0) is 21.9. The van der Waals surface area contributed by atoms with Crippen LogP contribution in [0.2, 0.25) is 0 Å². The van der Waals surface area contributed by atoms with Gasteiger partial charge in [-0.15, -0.1) is 0 Å². The van der Waals surface area contributed by atoms with E-state index in [2.05, 4.69) is 47.4 Å². The fraction of sp³-hybridized carbons (Fsp3) is 0.179. The Morgan fingerprint density at radius 1 is 0.844 bits per heavy atom. The predicted molar refractivity (Wildman–Crippen MR) is 132 cm³/mol. The molecule has 0 atom stereocenters. The molecule has 4 nitrogen and oxygen atoms in total. The smallest absolute Gasteiger partial charge is 0.128 e. The number of H-pyrrole nitrogens is 1. The number of nitrogens with one attached hydrogen (secondary N) is 1. The average molecular weight is 422 g/mol. The number of aromatic nitrogens is 2. The molecule has 0 unspecified atom stereocenters. The number of hydrogen-bond acceptors (Lipinski definition) is 3. The third kappa shape index (κ3) is 3.97. The van der Waals surface area contributed by atoms with E-state index in [1.807, 2.05) is 43.3 Å². The zero-order valence-electron chi connectivity index (χ0n) is 18.3. The molecule has 0 aliphatic carbocycles. The topological polar surface area (TPSA) is 63.9 Å². The number of para-hydroxylation sites is 1. The Bertz CT molecular complexity index is 1370. The van der Waals surface area contributed by atoms with Crippen molar-refractivity contribution in [1.82, 2.24) is 9.97 Å². The molecule has 0 aliphatic rings. The van der Waals surface area contributed by atoms with Crippen LogP contribution in [-0.4, -0.2) is 16.5 Å². The first-order valence-electron chi connectivity index (χ1n) is 11.2. The summed E-state index contributed by atoms with van der Waals surface area (Å²) >= 11 is 0. The Labute approximate surface area is 188 Å². The van der Waals surface area contributed by atoms with E-state index >= 15 is 0 Å². The highest BCUT2D eigenvalue weighted by molar-refractivity contribution is 5.99. The van der Waals surface area contributed by atoms with Crippen molar-refractivity contribution in [2.75, 3.05) is 6.54 Å². The number of fused-ring (bicyclic) bond motifs is 2. The minimum atomic E-state index is 0.706. The van der Waals surface area contributed by atoms with E-state index in [4.69, 9.17) is 15.5 Å². The van der Waals surface area contributed by atoms with Crippen molar-refractivity contribution < 1.29 is 4.74 Å². The van der Waals surface area contributed by atoms with Gasteiger partial charge >= 0.3 is 0 Å². The van der Waals surface area contributed by atoms with Gasteiger partial charge in [-0.1, -0.05) is 36.4 Å². The molecule has 0 spiro atoms. The maximum absolute atomic E-state index is 6.12. The Hall–Kier alpha value is -3.63. The number of hydrogen-bond donors (Lipinski definition) is 2. The highest BCUT2D eigenvalue weighted by Crippen LogP contribution is 2.37. The van der Waals surface area contributed by atoms with Crippen LogP contribution in [0.1, 0.15) is 24.1 Å². The fourth-order valence-corrected chi connectivity index (χ4v) is 4.33. The van der Waals surface area contributed by atoms with Gasteiger partial charge in [-0.25, -0.2) is 0 Å². The van der Waals surface area contributed by atoms with Gasteiger partial charge in [-0.05, 0) is 80.8 Å². The van der Waals surface area contributed by atoms with E-state index in [-0.39, 0.29) is 0 Å². The maximum atomic E-state index is 6.12. The normalized spacial score (nSPS) is 11.3. The number of nitrogens with zero attached hydrogens (tertiary/aromatic N) is 1. The van der Waals surface area contributed by atoms with Crippen LogP contribution in [0.15, 0.2) is 78.9 Å². The van der Waals surface area contributed by atoms with Crippen molar-refractivity contribution in [2.45, 2.75) is 26.2 Å². The van der Waals surface area contributed by atoms with Crippen LogP contribution >= 0.6 is 0 Å². The number of aromatic amines is 1. The van der Waals surface area contributed by atoms with E-state index < -0.39 is 0 Å². The lowest BCUT2D eigenvalue weighted by atomic mass is 9.97. The summed E-state index contributed by atoms with van der Waals surface area (Å²) in [6, 6.07) is 26.8. The average Bonchev–Trinajstić information content (AvgIpc) is 3.17. The van der Waals surface area contributed by atoms with E-state index in [1.165, 1.54) is 16.5 Å². The third-order valence-electron chi connectivity index (χ3n) is 5.88. The number of unbranched alkanes of at least 4 members (excludes halogenated alkanes) is 1. The SMILES string of the molecule is Cc1ccc2c(-c3[nH]c4ccc(Oc5ccccc5)cc4c3CCCCN)cccc2n1. The molecular weight excluding hydrogens is 394 g/mol. The maximum Gasteiger partial charge on any atom is 0.128 e. The van der Waals surface area contributed by atoms with Gasteiger partial charge in [0.25, 0.3) is 0 Å². The summed E-state index contributed by atoms with van der Waals surface area (Å²) in [5.41, 5.74) is 12.6. The van der Waals surface area contributed by atoms with Crippen LogP contribution < -0.4 is 10.5 Å². The van der Waals surface area contributed by atoms with Gasteiger partial charge < -0.3 is 15.5 Å². The number of nitrogens with two attached hydrogens (primary N) is 1. The van der Waals surface area contributed by atoms with Gasteiger partial charge in [-0.3, -0.25) is 4.98 Å². The molecule has 2 aromatic heterocycles. The molecule has 0 amide bonds. The highest BCUT2D eigenvalue weighted by Gasteiger charge is 2.16. The van der Waals surface area contributed by atoms with E-state index in [0.29, 0.717) is 6.54 Å². The first-order chi connectivity index (χ1) is 15.7. The highest BCUT2D eigenvalue weighted by atomic mass is 16.5. The van der Waals surface area contributed by atoms with Crippen molar-refractivity contribution in [3.05, 3.63) is 90.1 Å².